The van der Waals surface area contributed by atoms with Crippen molar-refractivity contribution in [2.45, 2.75) is 236 Å². The standard InChI is InChI=1S/C94H130N12O18S4/c1-20-48-122-91(120)102-75(55-125-127-93(10,11)12)80(108)95-47-35-34-46-71(81(109)100-73(49-57(2)3)87(115)104(17)62(9)86(114)105(18)76(50-58(4)5)83(111)96-59(6)85(113)106(19)77(53-65-40-28-23-29-41-65)88(116)103(16)61(8)79(107)97-60(7)89(117)118)98-82(110)72(51-63-36-24-21-25-37-63)99-84(112)78(56-126-128-94(13,14)15)124-90(119)74(52-64-38-26-22-27-39-64)101-92(121)123-54-70-68-44-32-30-42-66(68)67-43-31-33-45-69(67)70/h20-33,36-45,57-62,70-78H,1,34-35,46-56H2,2-19H3,(H,95,108)(H,96,111)(H,97,107)(H,98,110)(H,99,112)(H,100,109)(H,101,121)(H,102,120)(H,117,118)/t59?,60?,61?,62?,71?,72?,73?,74?,75-,76?,77?,78?/m0/s1. The second-order valence-corrected chi connectivity index (χ2v) is 41.1. The first-order chi connectivity index (χ1) is 60.4. The van der Waals surface area contributed by atoms with E-state index in [-0.39, 0.29) is 110 Å². The third kappa shape index (κ3) is 34.1. The van der Waals surface area contributed by atoms with Gasteiger partial charge < -0.3 is 81.5 Å². The number of rotatable bonds is 49. The topological polar surface area (TPSA) is 396 Å². The van der Waals surface area contributed by atoms with Crippen molar-refractivity contribution in [2.24, 2.45) is 11.8 Å². The summed E-state index contributed by atoms with van der Waals surface area (Å²) in [6.07, 6.45) is -1.95. The molecule has 9 N–H and O–H groups in total. The van der Waals surface area contributed by atoms with Crippen LogP contribution in [0, 0.1) is 11.8 Å². The summed E-state index contributed by atoms with van der Waals surface area (Å²) in [4.78, 5) is 205. The summed E-state index contributed by atoms with van der Waals surface area (Å²) in [5, 5.41) is 31.4. The summed E-state index contributed by atoms with van der Waals surface area (Å²) in [7, 11) is 11.0. The molecule has 12 amide bonds. The van der Waals surface area contributed by atoms with Crippen LogP contribution in [-0.4, -0.2) is 249 Å². The van der Waals surface area contributed by atoms with E-state index in [1.54, 1.807) is 91.0 Å². The molecule has 11 unspecified atom stereocenters. The van der Waals surface area contributed by atoms with E-state index in [0.717, 1.165) is 37.0 Å². The van der Waals surface area contributed by atoms with Crippen molar-refractivity contribution in [3.05, 3.63) is 180 Å². The van der Waals surface area contributed by atoms with Crippen LogP contribution >= 0.6 is 43.2 Å². The van der Waals surface area contributed by atoms with Crippen molar-refractivity contribution in [2.75, 3.05) is 59.5 Å². The van der Waals surface area contributed by atoms with Gasteiger partial charge in [0.05, 0.1) is 5.75 Å². The van der Waals surface area contributed by atoms with Crippen LogP contribution in [0.25, 0.3) is 11.1 Å². The van der Waals surface area contributed by atoms with Gasteiger partial charge in [0.2, 0.25) is 53.2 Å². The quantitative estimate of drug-likeness (QED) is 0.00574. The Morgan fingerprint density at radius 2 is 0.898 bits per heavy atom. The van der Waals surface area contributed by atoms with Crippen LogP contribution in [0.2, 0.25) is 0 Å². The average molecular weight is 1840 g/mol. The molecule has 0 bridgehead atoms. The zero-order chi connectivity index (χ0) is 94.9. The van der Waals surface area contributed by atoms with Crippen LogP contribution in [0.4, 0.5) is 9.59 Å². The highest BCUT2D eigenvalue weighted by Crippen LogP contribution is 2.45. The molecular weight excluding hydrogens is 1710 g/mol. The molecule has 5 aromatic rings. The summed E-state index contributed by atoms with van der Waals surface area (Å²) in [5.41, 5.74) is 5.85. The molecule has 30 nitrogen and oxygen atoms in total. The molecule has 0 heterocycles. The highest BCUT2D eigenvalue weighted by molar-refractivity contribution is 8.77. The van der Waals surface area contributed by atoms with Crippen molar-refractivity contribution in [1.29, 1.82) is 0 Å². The number of amides is 12. The molecule has 0 saturated heterocycles. The lowest BCUT2D eigenvalue weighted by molar-refractivity contribution is -0.156. The third-order valence-electron chi connectivity index (χ3n) is 21.1. The van der Waals surface area contributed by atoms with Gasteiger partial charge in [0.25, 0.3) is 5.91 Å². The van der Waals surface area contributed by atoms with Crippen molar-refractivity contribution < 1.29 is 86.4 Å². The van der Waals surface area contributed by atoms with Gasteiger partial charge in [0.1, 0.15) is 79.7 Å². The number of unbranched alkanes of at least 4 members (excludes halogenated alkanes) is 1. The predicted molar refractivity (Wildman–Crippen MR) is 502 cm³/mol. The Labute approximate surface area is 768 Å². The second-order valence-electron chi connectivity index (χ2n) is 34.8. The molecule has 34 heteroatoms. The first-order valence-electron chi connectivity index (χ1n) is 43.1. The Morgan fingerprint density at radius 1 is 0.438 bits per heavy atom. The number of carboxylic acids is 1. The van der Waals surface area contributed by atoms with Gasteiger partial charge in [-0.15, -0.1) is 0 Å². The number of benzene rings is 5. The number of carboxylic acid groups (broad SMARTS) is 1. The number of likely N-dealkylation sites (N-methyl/N-ethyl adjacent to an activating group) is 4. The number of nitrogens with zero attached hydrogens (tertiary/aromatic N) is 4. The van der Waals surface area contributed by atoms with Gasteiger partial charge in [-0.2, -0.15) is 0 Å². The molecule has 698 valence electrons. The van der Waals surface area contributed by atoms with Gasteiger partial charge in [0.15, 0.2) is 6.10 Å². The minimum atomic E-state index is -1.61. The van der Waals surface area contributed by atoms with Crippen molar-refractivity contribution in [3.8, 4) is 11.1 Å². The van der Waals surface area contributed by atoms with Crippen LogP contribution in [0.1, 0.15) is 163 Å². The Kier molecular flexibility index (Phi) is 42.8. The Morgan fingerprint density at radius 3 is 1.43 bits per heavy atom. The van der Waals surface area contributed by atoms with Gasteiger partial charge >= 0.3 is 24.1 Å². The summed E-state index contributed by atoms with van der Waals surface area (Å²) in [6.45, 7) is 28.2. The number of ether oxygens (including phenoxy) is 3. The number of hydrogen-bond acceptors (Lipinski definition) is 21. The molecule has 0 aliphatic heterocycles. The number of esters is 1. The fourth-order valence-corrected chi connectivity index (χ4v) is 18.8. The van der Waals surface area contributed by atoms with E-state index in [1.807, 2.05) is 118 Å². The van der Waals surface area contributed by atoms with Crippen molar-refractivity contribution in [3.63, 3.8) is 0 Å². The molecule has 0 fully saturated rings. The molecule has 5 aromatic carbocycles. The number of hydrogen-bond donors (Lipinski definition) is 9. The highest BCUT2D eigenvalue weighted by Gasteiger charge is 2.42. The largest absolute Gasteiger partial charge is 0.480 e. The SMILES string of the molecule is C=CCOC(=O)N[C@@H](CSSC(C)(C)C)C(=O)NCCCCC(NC(=O)C(Cc1ccccc1)NC(=O)C(CSSC(C)(C)C)OC(=O)C(Cc1ccccc1)NC(=O)OCC1c2ccccc2-c2ccccc21)C(=O)NC(CC(C)C)C(=O)N(C)C(C)C(=O)N(C)C(CC(C)C)C(=O)NC(C)C(=O)N(C)C(Cc1ccccc1)C(=O)N(C)C(C)C(=O)NC(C)C(=O)O. The van der Waals surface area contributed by atoms with Gasteiger partial charge in [-0.3, -0.25) is 52.7 Å². The monoisotopic (exact) mass is 1840 g/mol. The van der Waals surface area contributed by atoms with E-state index in [9.17, 15) is 53.1 Å². The smallest absolute Gasteiger partial charge is 0.408 e. The van der Waals surface area contributed by atoms with E-state index in [0.29, 0.717) is 16.7 Å². The lowest BCUT2D eigenvalue weighted by Gasteiger charge is -2.36. The van der Waals surface area contributed by atoms with Crippen LogP contribution in [0.15, 0.2) is 152 Å². The van der Waals surface area contributed by atoms with Crippen LogP contribution in [0.5, 0.6) is 0 Å². The number of aliphatic carboxylic acids is 1. The molecule has 1 aliphatic carbocycles. The number of carbonyl (C=O) groups is 14. The van der Waals surface area contributed by atoms with Crippen LogP contribution in [-0.2, 0) is 91.0 Å². The van der Waals surface area contributed by atoms with Gasteiger partial charge in [0, 0.05) is 75.2 Å². The number of fused-ring (bicyclic) bond motifs is 3. The second kappa shape index (κ2) is 51.6. The zero-order valence-electron chi connectivity index (χ0n) is 76.7. The maximum Gasteiger partial charge on any atom is 0.408 e. The molecule has 0 saturated carbocycles. The molecule has 128 heavy (non-hydrogen) atoms. The van der Waals surface area contributed by atoms with Crippen LogP contribution < -0.4 is 42.5 Å². The van der Waals surface area contributed by atoms with Gasteiger partial charge in [-0.1, -0.05) is 265 Å². The number of nitrogens with one attached hydrogen (secondary N) is 8. The molecule has 0 aromatic heterocycles. The van der Waals surface area contributed by atoms with Gasteiger partial charge in [-0.25, -0.2) is 14.4 Å². The number of carbonyl (C=O) groups excluding carboxylic acids is 13. The van der Waals surface area contributed by atoms with E-state index in [4.69, 9.17) is 14.2 Å². The van der Waals surface area contributed by atoms with E-state index < -0.39 is 156 Å². The molecule has 0 radical (unpaired) electrons. The normalized spacial score (nSPS) is 14.6. The predicted octanol–water partition coefficient (Wildman–Crippen LogP) is 10.4. The maximum absolute atomic E-state index is 15.5. The minimum Gasteiger partial charge on any atom is -0.480 e. The first kappa shape index (κ1) is 106. The molecule has 12 atom stereocenters. The summed E-state index contributed by atoms with van der Waals surface area (Å²) in [6, 6.07) is 27.7. The third-order valence-corrected chi connectivity index (χ3v) is 27.8. The first-order valence-corrected chi connectivity index (χ1v) is 47.7. The molecule has 0 spiro atoms. The summed E-state index contributed by atoms with van der Waals surface area (Å²) < 4.78 is 16.7. The molecular formula is C94H130N12O18S4. The van der Waals surface area contributed by atoms with E-state index in [1.165, 1.54) is 110 Å². The lowest BCUT2D eigenvalue weighted by atomic mass is 9.98. The minimum absolute atomic E-state index is 0.000227. The number of alkyl carbamates (subject to hydrolysis) is 2. The summed E-state index contributed by atoms with van der Waals surface area (Å²) >= 11 is 0. The molecule has 6 rings (SSSR count). The maximum atomic E-state index is 15.5. The van der Waals surface area contributed by atoms with Crippen molar-refractivity contribution >= 4 is 126 Å². The zero-order valence-corrected chi connectivity index (χ0v) is 80.0. The Balaban J connectivity index is 1.28. The molecule has 1 aliphatic rings. The van der Waals surface area contributed by atoms with Gasteiger partial charge in [-0.05, 0) is 111 Å². The highest BCUT2D eigenvalue weighted by atomic mass is 33.1. The van der Waals surface area contributed by atoms with Crippen molar-refractivity contribution in [1.82, 2.24) is 62.1 Å². The Hall–Kier alpha value is -10.6. The summed E-state index contributed by atoms with van der Waals surface area (Å²) in [5.74, 6) is -10.5. The average Bonchev–Trinajstić information content (AvgIpc) is 1.61. The fraction of sp³-hybridized carbons (Fsp3) is 0.511. The fourth-order valence-electron chi connectivity index (χ4n) is 13.9. The Bertz CT molecular complexity index is 4530. The van der Waals surface area contributed by atoms with E-state index >= 15 is 19.2 Å². The van der Waals surface area contributed by atoms with E-state index in [2.05, 4.69) is 49.1 Å². The lowest BCUT2D eigenvalue weighted by Crippen LogP contribution is -2.60. The van der Waals surface area contributed by atoms with Crippen LogP contribution in [0.3, 0.4) is 0 Å².